The van der Waals surface area contributed by atoms with Crippen molar-refractivity contribution in [2.24, 2.45) is 5.92 Å². The van der Waals surface area contributed by atoms with Crippen LogP contribution in [0.5, 0.6) is 23.0 Å². The van der Waals surface area contributed by atoms with Gasteiger partial charge >= 0.3 is 0 Å². The molecule has 0 saturated heterocycles. The average molecular weight is 342 g/mol. The molecule has 2 aliphatic rings. The van der Waals surface area contributed by atoms with Crippen molar-refractivity contribution in [3.05, 3.63) is 47.5 Å². The minimum absolute atomic E-state index is 0.0411. The molecule has 2 heterocycles. The lowest BCUT2D eigenvalue weighted by molar-refractivity contribution is -0.194. The fourth-order valence-corrected chi connectivity index (χ4v) is 3.74. The van der Waals surface area contributed by atoms with Crippen LogP contribution in [-0.2, 0) is 4.74 Å². The molecule has 0 unspecified atom stereocenters. The molecular formula is C20H22O5. The Balaban J connectivity index is 1.93. The van der Waals surface area contributed by atoms with Crippen molar-refractivity contribution < 1.29 is 23.7 Å². The molecule has 0 aromatic heterocycles. The van der Waals surface area contributed by atoms with E-state index in [1.54, 1.807) is 14.2 Å². The van der Waals surface area contributed by atoms with Crippen LogP contribution in [0.3, 0.4) is 0 Å². The maximum absolute atomic E-state index is 6.23. The van der Waals surface area contributed by atoms with Crippen LogP contribution in [0.4, 0.5) is 0 Å². The highest BCUT2D eigenvalue weighted by Gasteiger charge is 2.46. The Labute approximate surface area is 147 Å². The van der Waals surface area contributed by atoms with E-state index in [0.717, 1.165) is 28.4 Å². The summed E-state index contributed by atoms with van der Waals surface area (Å²) in [6.45, 7) is 4.33. The smallest absolute Gasteiger partial charge is 0.231 e. The molecule has 0 amide bonds. The first-order valence-corrected chi connectivity index (χ1v) is 8.38. The summed E-state index contributed by atoms with van der Waals surface area (Å²) in [7, 11) is 3.37. The Bertz CT molecular complexity index is 803. The molecule has 2 aliphatic heterocycles. The quantitative estimate of drug-likeness (QED) is 0.845. The molecule has 132 valence electrons. The minimum Gasteiger partial charge on any atom is -0.496 e. The fraction of sp³-hybridized carbons (Fsp3) is 0.400. The molecule has 0 N–H and O–H groups in total. The molecular weight excluding hydrogens is 320 g/mol. The van der Waals surface area contributed by atoms with Gasteiger partial charge in [-0.05, 0) is 12.1 Å². The molecule has 5 nitrogen and oxygen atoms in total. The first kappa shape index (κ1) is 16.1. The van der Waals surface area contributed by atoms with Crippen molar-refractivity contribution in [2.75, 3.05) is 21.0 Å². The Kier molecular flexibility index (Phi) is 3.76. The summed E-state index contributed by atoms with van der Waals surface area (Å²) in [5.74, 6) is 2.39. The fourth-order valence-electron chi connectivity index (χ4n) is 3.74. The van der Waals surface area contributed by atoms with E-state index >= 15 is 0 Å². The van der Waals surface area contributed by atoms with Crippen LogP contribution in [0.25, 0.3) is 0 Å². The number of hydrogen-bond acceptors (Lipinski definition) is 5. The molecule has 0 spiro atoms. The molecule has 0 saturated carbocycles. The first-order valence-electron chi connectivity index (χ1n) is 8.38. The van der Waals surface area contributed by atoms with Gasteiger partial charge in [-0.2, -0.15) is 0 Å². The van der Waals surface area contributed by atoms with E-state index in [9.17, 15) is 0 Å². The zero-order chi connectivity index (χ0) is 17.6. The summed E-state index contributed by atoms with van der Waals surface area (Å²) in [6.07, 6.45) is 0. The van der Waals surface area contributed by atoms with Gasteiger partial charge < -0.3 is 23.7 Å². The highest BCUT2D eigenvalue weighted by atomic mass is 16.7. The number of methoxy groups -OCH3 is 2. The van der Waals surface area contributed by atoms with E-state index in [1.807, 2.05) is 37.3 Å². The number of ether oxygens (including phenoxy) is 5. The third kappa shape index (κ3) is 2.42. The summed E-state index contributed by atoms with van der Waals surface area (Å²) < 4.78 is 28.7. The van der Waals surface area contributed by atoms with Gasteiger partial charge in [0.15, 0.2) is 11.5 Å². The molecule has 2 aromatic carbocycles. The number of hydrogen-bond donors (Lipinski definition) is 0. The Morgan fingerprint density at radius 2 is 1.72 bits per heavy atom. The monoisotopic (exact) mass is 342 g/mol. The van der Waals surface area contributed by atoms with E-state index in [2.05, 4.69) is 13.0 Å². The normalized spacial score (nSPS) is 26.7. The van der Waals surface area contributed by atoms with Crippen molar-refractivity contribution in [3.63, 3.8) is 0 Å². The molecule has 0 aliphatic carbocycles. The van der Waals surface area contributed by atoms with Crippen molar-refractivity contribution in [1.29, 1.82) is 0 Å². The second-order valence-corrected chi connectivity index (χ2v) is 6.57. The molecule has 4 rings (SSSR count). The predicted octanol–water partition coefficient (Wildman–Crippen LogP) is 3.95. The largest absolute Gasteiger partial charge is 0.496 e. The van der Waals surface area contributed by atoms with Gasteiger partial charge in [-0.25, -0.2) is 0 Å². The van der Waals surface area contributed by atoms with Crippen molar-refractivity contribution >= 4 is 0 Å². The predicted molar refractivity (Wildman–Crippen MR) is 92.6 cm³/mol. The molecule has 5 heteroatoms. The second kappa shape index (κ2) is 5.85. The third-order valence-corrected chi connectivity index (χ3v) is 5.36. The van der Waals surface area contributed by atoms with Crippen molar-refractivity contribution in [3.8, 4) is 23.0 Å². The molecule has 0 radical (unpaired) electrons. The maximum atomic E-state index is 6.23. The van der Waals surface area contributed by atoms with Crippen LogP contribution in [-0.4, -0.2) is 26.8 Å². The van der Waals surface area contributed by atoms with Crippen LogP contribution in [0.15, 0.2) is 36.4 Å². The van der Waals surface area contributed by atoms with Gasteiger partial charge in [-0.1, -0.05) is 25.1 Å². The lowest BCUT2D eigenvalue weighted by Gasteiger charge is -2.44. The zero-order valence-electron chi connectivity index (χ0n) is 14.9. The zero-order valence-corrected chi connectivity index (χ0v) is 14.9. The number of rotatable bonds is 3. The van der Waals surface area contributed by atoms with Crippen molar-refractivity contribution in [2.45, 2.75) is 25.6 Å². The van der Waals surface area contributed by atoms with Gasteiger partial charge in [0.25, 0.3) is 0 Å². The molecule has 3 atom stereocenters. The van der Waals surface area contributed by atoms with Crippen LogP contribution in [0, 0.1) is 5.92 Å². The summed E-state index contributed by atoms with van der Waals surface area (Å²) in [5, 5.41) is 0. The summed E-state index contributed by atoms with van der Waals surface area (Å²) in [6, 6.07) is 12.0. The lowest BCUT2D eigenvalue weighted by atomic mass is 9.75. The molecule has 2 aromatic rings. The van der Waals surface area contributed by atoms with Gasteiger partial charge in [-0.3, -0.25) is 0 Å². The lowest BCUT2D eigenvalue weighted by Crippen LogP contribution is -2.47. The Morgan fingerprint density at radius 1 is 1.00 bits per heavy atom. The van der Waals surface area contributed by atoms with Gasteiger partial charge in [0, 0.05) is 43.1 Å². The highest BCUT2D eigenvalue weighted by Crippen LogP contribution is 2.53. The summed E-state index contributed by atoms with van der Waals surface area (Å²) in [5.41, 5.74) is 2.15. The SMILES string of the molecule is COc1ccccc1[C@H]1c2cc3c(cc2O[C@@](C)(OC)[C@H]1C)OCO3. The highest BCUT2D eigenvalue weighted by molar-refractivity contribution is 5.57. The number of para-hydroxylation sites is 1. The molecule has 0 bridgehead atoms. The molecule has 0 fully saturated rings. The Morgan fingerprint density at radius 3 is 2.44 bits per heavy atom. The molecule has 25 heavy (non-hydrogen) atoms. The van der Waals surface area contributed by atoms with E-state index < -0.39 is 5.79 Å². The van der Waals surface area contributed by atoms with Gasteiger partial charge in [-0.15, -0.1) is 0 Å². The average Bonchev–Trinajstić information content (AvgIpc) is 3.08. The number of fused-ring (bicyclic) bond motifs is 2. The third-order valence-electron chi connectivity index (χ3n) is 5.36. The van der Waals surface area contributed by atoms with Crippen molar-refractivity contribution in [1.82, 2.24) is 0 Å². The second-order valence-electron chi connectivity index (χ2n) is 6.57. The van der Waals surface area contributed by atoms with E-state index in [-0.39, 0.29) is 18.6 Å². The topological polar surface area (TPSA) is 46.2 Å². The van der Waals surface area contributed by atoms with E-state index in [0.29, 0.717) is 5.75 Å². The summed E-state index contributed by atoms with van der Waals surface area (Å²) >= 11 is 0. The van der Waals surface area contributed by atoms with Gasteiger partial charge in [0.2, 0.25) is 12.6 Å². The van der Waals surface area contributed by atoms with Gasteiger partial charge in [0.1, 0.15) is 11.5 Å². The maximum Gasteiger partial charge on any atom is 0.231 e. The first-order chi connectivity index (χ1) is 12.1. The van der Waals surface area contributed by atoms with Gasteiger partial charge in [0.05, 0.1) is 7.11 Å². The van der Waals surface area contributed by atoms with E-state index in [4.69, 9.17) is 23.7 Å². The van der Waals surface area contributed by atoms with Crippen LogP contribution < -0.4 is 18.9 Å². The summed E-state index contributed by atoms with van der Waals surface area (Å²) in [4.78, 5) is 0. The van der Waals surface area contributed by atoms with E-state index in [1.165, 1.54) is 0 Å². The Hall–Kier alpha value is -2.40. The van der Waals surface area contributed by atoms with Crippen LogP contribution >= 0.6 is 0 Å². The van der Waals surface area contributed by atoms with Crippen LogP contribution in [0.2, 0.25) is 0 Å². The number of benzene rings is 2. The van der Waals surface area contributed by atoms with Crippen LogP contribution in [0.1, 0.15) is 30.9 Å². The minimum atomic E-state index is -0.758. The standard InChI is InChI=1S/C20H22O5/c1-12-19(13-7-5-6-8-15(13)21-3)14-9-17-18(24-11-23-17)10-16(14)25-20(12,2)22-4/h5-10,12,19H,11H2,1-4H3/t12-,19-,20+/m0/s1.